The molecule has 0 bridgehead atoms. The van der Waals surface area contributed by atoms with Crippen molar-refractivity contribution in [2.45, 2.75) is 18.8 Å². The fraction of sp³-hybridized carbons (Fsp3) is 0.300. The highest BCUT2D eigenvalue weighted by Crippen LogP contribution is 2.29. The van der Waals surface area contributed by atoms with Gasteiger partial charge in [-0.2, -0.15) is 0 Å². The zero-order valence-corrected chi connectivity index (χ0v) is 9.29. The van der Waals surface area contributed by atoms with Crippen LogP contribution in [0.3, 0.4) is 0 Å². The molecule has 0 atom stereocenters. The molecule has 1 aromatic heterocycles. The number of aromatic nitrogens is 1. The molecule has 0 fully saturated rings. The van der Waals surface area contributed by atoms with Crippen LogP contribution in [0, 0.1) is 0 Å². The van der Waals surface area contributed by atoms with E-state index in [1.807, 2.05) is 12.2 Å². The fourth-order valence-corrected chi connectivity index (χ4v) is 2.77. The van der Waals surface area contributed by atoms with Gasteiger partial charge >= 0.3 is 0 Å². The standard InChI is InChI=1S/C10H11N3O2S/c11-8(14)7(9(12)15)10-13-5-3-1-2-4-6(5)16-10/h2,4,7H,1,3H2,(H2,11,14)(H2,12,15). The Labute approximate surface area is 96.2 Å². The highest BCUT2D eigenvalue weighted by atomic mass is 32.1. The summed E-state index contributed by atoms with van der Waals surface area (Å²) in [5.74, 6) is -2.60. The molecule has 0 spiro atoms. The Morgan fingerprint density at radius 2 is 2.06 bits per heavy atom. The number of rotatable bonds is 3. The van der Waals surface area contributed by atoms with E-state index in [-0.39, 0.29) is 0 Å². The Bertz CT molecular complexity index is 464. The van der Waals surface area contributed by atoms with Crippen molar-refractivity contribution >= 4 is 29.2 Å². The summed E-state index contributed by atoms with van der Waals surface area (Å²) in [7, 11) is 0. The maximum absolute atomic E-state index is 11.1. The monoisotopic (exact) mass is 237 g/mol. The van der Waals surface area contributed by atoms with E-state index >= 15 is 0 Å². The van der Waals surface area contributed by atoms with Gasteiger partial charge in [-0.05, 0) is 18.9 Å². The number of aryl methyl sites for hydroxylation is 1. The summed E-state index contributed by atoms with van der Waals surface area (Å²) < 4.78 is 0. The average molecular weight is 237 g/mol. The van der Waals surface area contributed by atoms with Gasteiger partial charge < -0.3 is 11.5 Å². The minimum Gasteiger partial charge on any atom is -0.369 e. The Balaban J connectivity index is 2.40. The first-order chi connectivity index (χ1) is 7.59. The molecule has 16 heavy (non-hydrogen) atoms. The molecule has 0 aliphatic heterocycles. The van der Waals surface area contributed by atoms with Crippen LogP contribution in [-0.4, -0.2) is 16.8 Å². The predicted octanol–water partition coefficient (Wildman–Crippen LogP) is 0.157. The van der Waals surface area contributed by atoms with E-state index < -0.39 is 17.7 Å². The van der Waals surface area contributed by atoms with Crippen LogP contribution in [0.2, 0.25) is 0 Å². The van der Waals surface area contributed by atoms with Crippen molar-refractivity contribution in [1.82, 2.24) is 4.98 Å². The van der Waals surface area contributed by atoms with Crippen LogP contribution >= 0.6 is 11.3 Å². The number of carbonyl (C=O) groups is 2. The molecule has 84 valence electrons. The first kappa shape index (κ1) is 10.8. The van der Waals surface area contributed by atoms with E-state index in [4.69, 9.17) is 11.5 Å². The molecule has 2 rings (SSSR count). The topological polar surface area (TPSA) is 99.1 Å². The number of carbonyl (C=O) groups excluding carboxylic acids is 2. The van der Waals surface area contributed by atoms with Gasteiger partial charge in [-0.1, -0.05) is 6.08 Å². The number of nitrogens with zero attached hydrogens (tertiary/aromatic N) is 1. The zero-order chi connectivity index (χ0) is 11.7. The van der Waals surface area contributed by atoms with Crippen molar-refractivity contribution in [2.24, 2.45) is 11.5 Å². The molecule has 5 nitrogen and oxygen atoms in total. The maximum Gasteiger partial charge on any atom is 0.237 e. The van der Waals surface area contributed by atoms with E-state index in [2.05, 4.69) is 4.98 Å². The molecule has 0 radical (unpaired) electrons. The fourth-order valence-electron chi connectivity index (χ4n) is 1.61. The Morgan fingerprint density at radius 3 is 2.62 bits per heavy atom. The van der Waals surface area contributed by atoms with Crippen molar-refractivity contribution in [3.05, 3.63) is 21.7 Å². The van der Waals surface area contributed by atoms with Crippen LogP contribution in [-0.2, 0) is 16.0 Å². The van der Waals surface area contributed by atoms with Gasteiger partial charge in [0.1, 0.15) is 5.01 Å². The second-order valence-electron chi connectivity index (χ2n) is 3.54. The number of thiazole rings is 1. The van der Waals surface area contributed by atoms with Crippen molar-refractivity contribution < 1.29 is 9.59 Å². The van der Waals surface area contributed by atoms with Gasteiger partial charge in [-0.15, -0.1) is 11.3 Å². The largest absolute Gasteiger partial charge is 0.369 e. The van der Waals surface area contributed by atoms with Crippen molar-refractivity contribution in [3.63, 3.8) is 0 Å². The Hall–Kier alpha value is -1.69. The van der Waals surface area contributed by atoms with Crippen LogP contribution in [0.4, 0.5) is 0 Å². The third kappa shape index (κ3) is 1.83. The van der Waals surface area contributed by atoms with Gasteiger partial charge in [0.15, 0.2) is 5.92 Å². The smallest absolute Gasteiger partial charge is 0.237 e. The summed E-state index contributed by atoms with van der Waals surface area (Å²) in [6, 6.07) is 0. The molecule has 0 unspecified atom stereocenters. The lowest BCUT2D eigenvalue weighted by atomic mass is 10.1. The van der Waals surface area contributed by atoms with Crippen LogP contribution in [0.5, 0.6) is 0 Å². The van der Waals surface area contributed by atoms with E-state index in [1.54, 1.807) is 0 Å². The van der Waals surface area contributed by atoms with Crippen LogP contribution < -0.4 is 11.5 Å². The summed E-state index contributed by atoms with van der Waals surface area (Å²) in [5.41, 5.74) is 11.2. The van der Waals surface area contributed by atoms with E-state index in [9.17, 15) is 9.59 Å². The van der Waals surface area contributed by atoms with Gasteiger partial charge in [-0.25, -0.2) is 4.98 Å². The van der Waals surface area contributed by atoms with Crippen molar-refractivity contribution in [1.29, 1.82) is 0 Å². The summed E-state index contributed by atoms with van der Waals surface area (Å²) >= 11 is 1.30. The quantitative estimate of drug-likeness (QED) is 0.732. The number of hydrogen-bond acceptors (Lipinski definition) is 4. The number of nitrogens with two attached hydrogens (primary N) is 2. The van der Waals surface area contributed by atoms with Crippen LogP contribution in [0.15, 0.2) is 6.08 Å². The van der Waals surface area contributed by atoms with E-state index in [1.165, 1.54) is 11.3 Å². The Kier molecular flexibility index (Phi) is 2.74. The van der Waals surface area contributed by atoms with Gasteiger partial charge in [0.2, 0.25) is 11.8 Å². The number of amides is 2. The average Bonchev–Trinajstić information content (AvgIpc) is 2.58. The molecule has 4 N–H and O–H groups in total. The molecule has 1 aromatic rings. The number of hydrogen-bond donors (Lipinski definition) is 2. The number of primary amides is 2. The first-order valence-electron chi connectivity index (χ1n) is 4.84. The third-order valence-electron chi connectivity index (χ3n) is 2.38. The van der Waals surface area contributed by atoms with E-state index in [0.29, 0.717) is 5.01 Å². The minimum absolute atomic E-state index is 0.400. The van der Waals surface area contributed by atoms with Gasteiger partial charge in [0.05, 0.1) is 10.6 Å². The Morgan fingerprint density at radius 1 is 1.38 bits per heavy atom. The molecular formula is C10H11N3O2S. The molecule has 1 heterocycles. The van der Waals surface area contributed by atoms with Gasteiger partial charge in [-0.3, -0.25) is 9.59 Å². The lowest BCUT2D eigenvalue weighted by Gasteiger charge is -2.04. The highest BCUT2D eigenvalue weighted by Gasteiger charge is 2.28. The van der Waals surface area contributed by atoms with Crippen LogP contribution in [0.1, 0.15) is 27.9 Å². The maximum atomic E-state index is 11.1. The second kappa shape index (κ2) is 4.05. The third-order valence-corrected chi connectivity index (χ3v) is 3.50. The predicted molar refractivity (Wildman–Crippen MR) is 60.6 cm³/mol. The molecule has 0 saturated carbocycles. The highest BCUT2D eigenvalue weighted by molar-refractivity contribution is 7.13. The molecule has 1 aliphatic rings. The second-order valence-corrected chi connectivity index (χ2v) is 4.60. The number of fused-ring (bicyclic) bond motifs is 1. The van der Waals surface area contributed by atoms with Crippen molar-refractivity contribution in [3.8, 4) is 0 Å². The molecule has 2 amide bonds. The molecule has 6 heteroatoms. The molecule has 1 aliphatic carbocycles. The van der Waals surface area contributed by atoms with E-state index in [0.717, 1.165) is 23.4 Å². The number of allylic oxidation sites excluding steroid dienone is 1. The normalized spacial score (nSPS) is 13.8. The summed E-state index contributed by atoms with van der Waals surface area (Å²) in [4.78, 5) is 27.5. The molecule has 0 aromatic carbocycles. The minimum atomic E-state index is -1.11. The van der Waals surface area contributed by atoms with Crippen molar-refractivity contribution in [2.75, 3.05) is 0 Å². The lowest BCUT2D eigenvalue weighted by Crippen LogP contribution is -2.32. The first-order valence-corrected chi connectivity index (χ1v) is 5.66. The van der Waals surface area contributed by atoms with Crippen LogP contribution in [0.25, 0.3) is 6.08 Å². The zero-order valence-electron chi connectivity index (χ0n) is 8.47. The van der Waals surface area contributed by atoms with Gasteiger partial charge in [0.25, 0.3) is 0 Å². The summed E-state index contributed by atoms with van der Waals surface area (Å²) in [5, 5.41) is 0.400. The summed E-state index contributed by atoms with van der Waals surface area (Å²) in [6.07, 6.45) is 5.73. The van der Waals surface area contributed by atoms with Gasteiger partial charge in [0, 0.05) is 0 Å². The summed E-state index contributed by atoms with van der Waals surface area (Å²) in [6.45, 7) is 0. The lowest BCUT2D eigenvalue weighted by molar-refractivity contribution is -0.128. The molecule has 0 saturated heterocycles. The molecular weight excluding hydrogens is 226 g/mol. The SMILES string of the molecule is NC(=O)C(C(N)=O)c1nc2c(s1)C=CCC2.